The zero-order valence-corrected chi connectivity index (χ0v) is 8.70. The molecule has 2 N–H and O–H groups in total. The highest BCUT2D eigenvalue weighted by atomic mass is 15.3. The minimum Gasteiger partial charge on any atom is -0.384 e. The van der Waals surface area contributed by atoms with Crippen molar-refractivity contribution >= 4 is 11.5 Å². The van der Waals surface area contributed by atoms with Gasteiger partial charge in [0.2, 0.25) is 0 Å². The average molecular weight is 214 g/mol. The lowest BCUT2D eigenvalue weighted by Gasteiger charge is -1.97. The lowest BCUT2D eigenvalue weighted by Crippen LogP contribution is -1.96. The lowest BCUT2D eigenvalue weighted by atomic mass is 10.2. The van der Waals surface area contributed by atoms with E-state index in [1.54, 1.807) is 28.6 Å². The predicted molar refractivity (Wildman–Crippen MR) is 59.6 cm³/mol. The number of anilines is 1. The van der Waals surface area contributed by atoms with Gasteiger partial charge in [0.1, 0.15) is 5.82 Å². The van der Waals surface area contributed by atoms with Crippen molar-refractivity contribution in [3.05, 3.63) is 30.7 Å². The third-order valence-corrected chi connectivity index (χ3v) is 2.46. The number of hydrogen-bond donors (Lipinski definition) is 1. The lowest BCUT2D eigenvalue weighted by molar-refractivity contribution is 0.781. The van der Waals surface area contributed by atoms with Crippen LogP contribution in [0.1, 0.15) is 0 Å². The second-order valence-electron chi connectivity index (χ2n) is 3.55. The van der Waals surface area contributed by atoms with E-state index >= 15 is 0 Å². The van der Waals surface area contributed by atoms with E-state index < -0.39 is 0 Å². The topological polar surface area (TPSA) is 74.0 Å². The third-order valence-electron chi connectivity index (χ3n) is 2.46. The molecule has 0 saturated heterocycles. The highest BCUT2D eigenvalue weighted by Gasteiger charge is 2.06. The molecule has 0 amide bonds. The van der Waals surface area contributed by atoms with Crippen molar-refractivity contribution in [1.82, 2.24) is 24.4 Å². The average Bonchev–Trinajstić information content (AvgIpc) is 2.85. The number of fused-ring (bicyclic) bond motifs is 1. The highest BCUT2D eigenvalue weighted by Crippen LogP contribution is 2.18. The largest absolute Gasteiger partial charge is 0.384 e. The molecule has 0 unspecified atom stereocenters. The van der Waals surface area contributed by atoms with Crippen LogP contribution in [0.2, 0.25) is 0 Å². The van der Waals surface area contributed by atoms with E-state index in [4.69, 9.17) is 5.73 Å². The molecule has 0 atom stereocenters. The zero-order chi connectivity index (χ0) is 11.1. The number of aryl methyl sites for hydroxylation is 1. The summed E-state index contributed by atoms with van der Waals surface area (Å²) in [4.78, 5) is 4.27. The fourth-order valence-electron chi connectivity index (χ4n) is 1.56. The molecular weight excluding hydrogens is 204 g/mol. The molecule has 0 fully saturated rings. The molecule has 0 saturated carbocycles. The number of nitrogens with zero attached hydrogens (tertiary/aromatic N) is 5. The second kappa shape index (κ2) is 3.06. The van der Waals surface area contributed by atoms with Crippen LogP contribution < -0.4 is 5.73 Å². The van der Waals surface area contributed by atoms with Gasteiger partial charge in [-0.3, -0.25) is 4.68 Å². The molecule has 3 rings (SSSR count). The van der Waals surface area contributed by atoms with Crippen LogP contribution in [0.25, 0.3) is 16.9 Å². The Hall–Kier alpha value is -2.37. The summed E-state index contributed by atoms with van der Waals surface area (Å²) in [6.45, 7) is 0. The maximum absolute atomic E-state index is 5.73. The van der Waals surface area contributed by atoms with Gasteiger partial charge in [-0.25, -0.2) is 9.50 Å². The van der Waals surface area contributed by atoms with Crippen LogP contribution in [0.15, 0.2) is 30.7 Å². The fourth-order valence-corrected chi connectivity index (χ4v) is 1.56. The van der Waals surface area contributed by atoms with Crippen LogP contribution in [0.5, 0.6) is 0 Å². The summed E-state index contributed by atoms with van der Waals surface area (Å²) >= 11 is 0. The van der Waals surface area contributed by atoms with Crippen molar-refractivity contribution in [3.63, 3.8) is 0 Å². The first-order chi connectivity index (χ1) is 7.74. The molecule has 0 bridgehead atoms. The van der Waals surface area contributed by atoms with E-state index in [0.717, 1.165) is 16.9 Å². The molecule has 3 heterocycles. The molecule has 0 spiro atoms. The highest BCUT2D eigenvalue weighted by molar-refractivity contribution is 5.61. The molecule has 0 aliphatic carbocycles. The zero-order valence-electron chi connectivity index (χ0n) is 8.70. The van der Waals surface area contributed by atoms with Gasteiger partial charge in [-0.2, -0.15) is 10.2 Å². The SMILES string of the molecule is Cn1nc(-c2cnc3ccnn3c2)cc1N. The first kappa shape index (κ1) is 8.90. The van der Waals surface area contributed by atoms with E-state index in [2.05, 4.69) is 15.2 Å². The Balaban J connectivity index is 2.17. The van der Waals surface area contributed by atoms with Gasteiger partial charge < -0.3 is 5.73 Å². The van der Waals surface area contributed by atoms with E-state index in [1.807, 2.05) is 18.3 Å². The smallest absolute Gasteiger partial charge is 0.154 e. The fraction of sp³-hybridized carbons (Fsp3) is 0.100. The van der Waals surface area contributed by atoms with Gasteiger partial charge in [-0.15, -0.1) is 0 Å². The van der Waals surface area contributed by atoms with Crippen LogP contribution in [-0.4, -0.2) is 24.4 Å². The Bertz CT molecular complexity index is 631. The molecule has 0 aliphatic rings. The van der Waals surface area contributed by atoms with Gasteiger partial charge >= 0.3 is 0 Å². The molecule has 0 radical (unpaired) electrons. The maximum Gasteiger partial charge on any atom is 0.154 e. The van der Waals surface area contributed by atoms with Gasteiger partial charge in [0.25, 0.3) is 0 Å². The first-order valence-corrected chi connectivity index (χ1v) is 4.83. The molecule has 3 aromatic heterocycles. The molecule has 0 aliphatic heterocycles. The minimum atomic E-state index is 0.621. The Morgan fingerprint density at radius 2 is 2.25 bits per heavy atom. The molecule has 6 heteroatoms. The number of rotatable bonds is 1. The van der Waals surface area contributed by atoms with Crippen LogP contribution in [-0.2, 0) is 7.05 Å². The molecule has 3 aromatic rings. The van der Waals surface area contributed by atoms with Crippen LogP contribution in [0.4, 0.5) is 5.82 Å². The van der Waals surface area contributed by atoms with E-state index in [-0.39, 0.29) is 0 Å². The monoisotopic (exact) mass is 214 g/mol. The van der Waals surface area contributed by atoms with E-state index in [0.29, 0.717) is 5.82 Å². The summed E-state index contributed by atoms with van der Waals surface area (Å²) in [5.74, 6) is 0.621. The summed E-state index contributed by atoms with van der Waals surface area (Å²) in [6, 6.07) is 3.66. The Morgan fingerprint density at radius 3 is 3.00 bits per heavy atom. The summed E-state index contributed by atoms with van der Waals surface area (Å²) in [5.41, 5.74) is 8.23. The predicted octanol–water partition coefficient (Wildman–Crippen LogP) is 0.712. The number of nitrogens with two attached hydrogens (primary N) is 1. The summed E-state index contributed by atoms with van der Waals surface area (Å²) < 4.78 is 3.34. The van der Waals surface area contributed by atoms with Gasteiger partial charge in [0.15, 0.2) is 5.65 Å². The Morgan fingerprint density at radius 1 is 1.38 bits per heavy atom. The maximum atomic E-state index is 5.73. The summed E-state index contributed by atoms with van der Waals surface area (Å²) in [6.07, 6.45) is 5.35. The summed E-state index contributed by atoms with van der Waals surface area (Å²) in [5, 5.41) is 8.40. The third kappa shape index (κ3) is 1.23. The number of nitrogen functional groups attached to an aromatic ring is 1. The standard InChI is InChI=1S/C10H10N6/c1-15-9(11)4-8(14-15)7-5-12-10-2-3-13-16(10)6-7/h2-6H,11H2,1H3. The van der Waals surface area contributed by atoms with Gasteiger partial charge in [0, 0.05) is 37.1 Å². The van der Waals surface area contributed by atoms with Gasteiger partial charge in [-0.05, 0) is 0 Å². The molecule has 6 nitrogen and oxygen atoms in total. The normalized spacial score (nSPS) is 11.1. The molecule has 80 valence electrons. The quantitative estimate of drug-likeness (QED) is 0.647. The first-order valence-electron chi connectivity index (χ1n) is 4.83. The Labute approximate surface area is 91.3 Å². The van der Waals surface area contributed by atoms with E-state index in [1.165, 1.54) is 0 Å². The van der Waals surface area contributed by atoms with Crippen molar-refractivity contribution in [3.8, 4) is 11.3 Å². The minimum absolute atomic E-state index is 0.621. The van der Waals surface area contributed by atoms with Gasteiger partial charge in [0.05, 0.1) is 11.9 Å². The van der Waals surface area contributed by atoms with Crippen LogP contribution in [0.3, 0.4) is 0 Å². The molecule has 16 heavy (non-hydrogen) atoms. The van der Waals surface area contributed by atoms with Crippen LogP contribution >= 0.6 is 0 Å². The number of aromatic nitrogens is 5. The Kier molecular flexibility index (Phi) is 1.70. The van der Waals surface area contributed by atoms with Crippen molar-refractivity contribution in [2.24, 2.45) is 7.05 Å². The van der Waals surface area contributed by atoms with Crippen molar-refractivity contribution in [2.45, 2.75) is 0 Å². The molecular formula is C10H10N6. The van der Waals surface area contributed by atoms with Crippen LogP contribution in [0, 0.1) is 0 Å². The van der Waals surface area contributed by atoms with Gasteiger partial charge in [-0.1, -0.05) is 0 Å². The second-order valence-corrected chi connectivity index (χ2v) is 3.55. The van der Waals surface area contributed by atoms with Crippen molar-refractivity contribution in [2.75, 3.05) is 5.73 Å². The molecule has 0 aromatic carbocycles. The van der Waals surface area contributed by atoms with Crippen molar-refractivity contribution in [1.29, 1.82) is 0 Å². The summed E-state index contributed by atoms with van der Waals surface area (Å²) in [7, 11) is 1.80. The number of hydrogen-bond acceptors (Lipinski definition) is 4. The van der Waals surface area contributed by atoms with Crippen molar-refractivity contribution < 1.29 is 0 Å². The van der Waals surface area contributed by atoms with E-state index in [9.17, 15) is 0 Å².